The van der Waals surface area contributed by atoms with Crippen molar-refractivity contribution in [1.82, 2.24) is 19.9 Å². The Bertz CT molecular complexity index is 3540. The van der Waals surface area contributed by atoms with Crippen LogP contribution >= 0.6 is 0 Å². The summed E-state index contributed by atoms with van der Waals surface area (Å²) < 4.78 is 0. The normalized spacial score (nSPS) is 11.8. The Balaban J connectivity index is 1.00. The van der Waals surface area contributed by atoms with E-state index >= 15 is 0 Å². The van der Waals surface area contributed by atoms with Crippen LogP contribution in [-0.2, 0) is 0 Å². The molecule has 296 valence electrons. The molecule has 0 aliphatic rings. The van der Waals surface area contributed by atoms with Crippen molar-refractivity contribution in [2.24, 2.45) is 0 Å². The Morgan fingerprint density at radius 3 is 1.25 bits per heavy atom. The van der Waals surface area contributed by atoms with Crippen LogP contribution in [0.3, 0.4) is 0 Å². The van der Waals surface area contributed by atoms with E-state index in [9.17, 15) is 0 Å². The molecule has 0 atom stereocenters. The van der Waals surface area contributed by atoms with E-state index in [1.165, 1.54) is 0 Å². The number of pyridine rings is 4. The number of aromatic nitrogens is 4. The first kappa shape index (κ1) is 37.6. The molecule has 11 rings (SSSR count). The monoisotopic (exact) mass is 804 g/mol. The van der Waals surface area contributed by atoms with Crippen LogP contribution in [0.4, 0.5) is 0 Å². The van der Waals surface area contributed by atoms with E-state index in [4.69, 9.17) is 19.9 Å². The van der Waals surface area contributed by atoms with Crippen LogP contribution < -0.4 is 0 Å². The summed E-state index contributed by atoms with van der Waals surface area (Å²) >= 11 is 0. The maximum Gasteiger partial charge on any atom is 0.0978 e. The van der Waals surface area contributed by atoms with Gasteiger partial charge in [0.1, 0.15) is 0 Å². The van der Waals surface area contributed by atoms with Gasteiger partial charge >= 0.3 is 0 Å². The molecule has 0 spiro atoms. The smallest absolute Gasteiger partial charge is 0.0978 e. The molecule has 11 aromatic rings. The zero-order valence-corrected chi connectivity index (χ0v) is 34.7. The van der Waals surface area contributed by atoms with Crippen molar-refractivity contribution in [2.75, 3.05) is 0 Å². The summed E-state index contributed by atoms with van der Waals surface area (Å²) in [5.74, 6) is 0. The Morgan fingerprint density at radius 2 is 0.762 bits per heavy atom. The lowest BCUT2D eigenvalue weighted by atomic mass is 9.97. The van der Waals surface area contributed by atoms with Crippen molar-refractivity contribution < 1.29 is 0 Å². The molecular formula is C59H40N4. The number of hydrogen-bond donors (Lipinski definition) is 0. The van der Waals surface area contributed by atoms with Gasteiger partial charge in [0.25, 0.3) is 0 Å². The van der Waals surface area contributed by atoms with E-state index in [0.717, 1.165) is 116 Å². The summed E-state index contributed by atoms with van der Waals surface area (Å²) in [5, 5.41) is 4.24. The van der Waals surface area contributed by atoms with Crippen molar-refractivity contribution in [3.8, 4) is 44.8 Å². The van der Waals surface area contributed by atoms with Gasteiger partial charge in [-0.1, -0.05) is 182 Å². The van der Waals surface area contributed by atoms with E-state index in [0.29, 0.717) is 0 Å². The van der Waals surface area contributed by atoms with Crippen LogP contribution in [0.25, 0.3) is 113 Å². The van der Waals surface area contributed by atoms with Gasteiger partial charge in [-0.05, 0) is 88.4 Å². The van der Waals surface area contributed by atoms with Crippen molar-refractivity contribution >= 4 is 67.9 Å². The van der Waals surface area contributed by atoms with Crippen molar-refractivity contribution in [3.05, 3.63) is 228 Å². The first-order valence-electron chi connectivity index (χ1n) is 21.3. The summed E-state index contributed by atoms with van der Waals surface area (Å²) in [6.45, 7) is 2.15. The highest BCUT2D eigenvalue weighted by Gasteiger charge is 2.16. The Morgan fingerprint density at radius 1 is 0.317 bits per heavy atom. The lowest BCUT2D eigenvalue weighted by Gasteiger charge is -2.13. The fourth-order valence-corrected chi connectivity index (χ4v) is 8.58. The van der Waals surface area contributed by atoms with E-state index in [2.05, 4.69) is 219 Å². The van der Waals surface area contributed by atoms with Crippen molar-refractivity contribution in [1.29, 1.82) is 0 Å². The average molecular weight is 805 g/mol. The van der Waals surface area contributed by atoms with E-state index < -0.39 is 0 Å². The number of hydrogen-bond acceptors (Lipinski definition) is 4. The van der Waals surface area contributed by atoms with Crippen molar-refractivity contribution in [3.63, 3.8) is 0 Å². The third-order valence-corrected chi connectivity index (χ3v) is 11.8. The van der Waals surface area contributed by atoms with E-state index in [-0.39, 0.29) is 0 Å². The number of nitrogens with zero attached hydrogens (tertiary/aromatic N) is 4. The van der Waals surface area contributed by atoms with Gasteiger partial charge in [0.15, 0.2) is 0 Å². The number of benzene rings is 7. The summed E-state index contributed by atoms with van der Waals surface area (Å²) in [6, 6.07) is 69.9. The molecular weight excluding hydrogens is 765 g/mol. The van der Waals surface area contributed by atoms with Gasteiger partial charge in [-0.25, -0.2) is 19.9 Å². The van der Waals surface area contributed by atoms with Crippen LogP contribution in [0.5, 0.6) is 0 Å². The Labute approximate surface area is 366 Å². The Kier molecular flexibility index (Phi) is 9.72. The zero-order valence-electron chi connectivity index (χ0n) is 34.7. The molecule has 0 N–H and O–H groups in total. The van der Waals surface area contributed by atoms with Gasteiger partial charge in [0, 0.05) is 32.7 Å². The summed E-state index contributed by atoms with van der Waals surface area (Å²) in [6.07, 6.45) is 8.42. The molecule has 0 bridgehead atoms. The van der Waals surface area contributed by atoms with E-state index in [1.54, 1.807) is 0 Å². The predicted octanol–water partition coefficient (Wildman–Crippen LogP) is 15.2. The summed E-state index contributed by atoms with van der Waals surface area (Å²) in [7, 11) is 0. The number of fused-ring (bicyclic) bond motifs is 6. The fraction of sp³-hybridized carbons (Fsp3) is 0.0169. The molecule has 0 saturated carbocycles. The summed E-state index contributed by atoms with van der Waals surface area (Å²) in [5.41, 5.74) is 17.1. The van der Waals surface area contributed by atoms with Gasteiger partial charge in [-0.15, -0.1) is 0 Å². The maximum atomic E-state index is 5.37. The Hall–Kier alpha value is -8.34. The molecule has 0 saturated heterocycles. The van der Waals surface area contributed by atoms with Gasteiger partial charge in [0.05, 0.1) is 44.8 Å². The highest BCUT2D eigenvalue weighted by molar-refractivity contribution is 6.10. The third kappa shape index (κ3) is 7.45. The van der Waals surface area contributed by atoms with Crippen molar-refractivity contribution in [2.45, 2.75) is 6.92 Å². The highest BCUT2D eigenvalue weighted by atomic mass is 14.8. The topological polar surface area (TPSA) is 51.6 Å². The minimum Gasteiger partial charge on any atom is -0.246 e. The molecule has 0 aliphatic heterocycles. The van der Waals surface area contributed by atoms with Gasteiger partial charge in [-0.3, -0.25) is 0 Å². The second kappa shape index (κ2) is 16.3. The standard InChI is InChI=1S/C59H40N4/c1-39-36-46(54-34-27-44-24-32-50-52(42-18-10-4-11-19-42)37-47(60-58(50)56(44)62-54)29-22-40-14-6-2-7-15-40)26-31-49(39)55-35-28-45-25-33-51-53(43-20-12-5-13-21-43)38-48(61-59(51)57(45)63-55)30-23-41-16-8-3-9-17-41/h2-38H,1H3. The molecule has 0 fully saturated rings. The summed E-state index contributed by atoms with van der Waals surface area (Å²) in [4.78, 5) is 21.2. The predicted molar refractivity (Wildman–Crippen MR) is 265 cm³/mol. The lowest BCUT2D eigenvalue weighted by molar-refractivity contribution is 1.33. The zero-order chi connectivity index (χ0) is 42.1. The molecule has 63 heavy (non-hydrogen) atoms. The fourth-order valence-electron chi connectivity index (χ4n) is 8.58. The minimum absolute atomic E-state index is 0.877. The SMILES string of the molecule is Cc1cc(-c2ccc3ccc4c(-c5ccccc5)cc(C=Cc5ccccc5)nc4c3n2)ccc1-c1ccc2ccc3c(-c4ccccc4)cc(C=Cc4ccccc4)nc3c2n1. The molecule has 0 unspecified atom stereocenters. The van der Waals surface area contributed by atoms with Crippen LogP contribution in [0.2, 0.25) is 0 Å². The van der Waals surface area contributed by atoms with E-state index in [1.807, 2.05) is 12.1 Å². The number of rotatable bonds is 8. The highest BCUT2D eigenvalue weighted by Crippen LogP contribution is 2.37. The van der Waals surface area contributed by atoms with Crippen LogP contribution in [0.15, 0.2) is 200 Å². The number of aryl methyl sites for hydroxylation is 1. The van der Waals surface area contributed by atoms with Crippen LogP contribution in [-0.4, -0.2) is 19.9 Å². The van der Waals surface area contributed by atoms with Gasteiger partial charge in [0.2, 0.25) is 0 Å². The average Bonchev–Trinajstić information content (AvgIpc) is 3.35. The second-order valence-corrected chi connectivity index (χ2v) is 15.9. The van der Waals surface area contributed by atoms with Crippen LogP contribution in [0, 0.1) is 6.92 Å². The first-order chi connectivity index (χ1) is 31.1. The molecule has 4 heterocycles. The van der Waals surface area contributed by atoms with Gasteiger partial charge in [-0.2, -0.15) is 0 Å². The minimum atomic E-state index is 0.877. The molecule has 7 aromatic carbocycles. The third-order valence-electron chi connectivity index (χ3n) is 11.8. The molecule has 0 amide bonds. The van der Waals surface area contributed by atoms with Crippen LogP contribution in [0.1, 0.15) is 28.1 Å². The van der Waals surface area contributed by atoms with Gasteiger partial charge < -0.3 is 0 Å². The second-order valence-electron chi connectivity index (χ2n) is 15.9. The molecule has 4 nitrogen and oxygen atoms in total. The molecule has 4 aromatic heterocycles. The lowest BCUT2D eigenvalue weighted by Crippen LogP contribution is -1.95. The molecule has 0 aliphatic carbocycles. The quantitative estimate of drug-likeness (QED) is 0.144. The first-order valence-corrected chi connectivity index (χ1v) is 21.3. The molecule has 4 heteroatoms. The molecule has 0 radical (unpaired) electrons. The largest absolute Gasteiger partial charge is 0.246 e. The maximum absolute atomic E-state index is 5.37.